The molecule has 0 saturated heterocycles. The highest BCUT2D eigenvalue weighted by atomic mass is 19.4. The molecule has 0 unspecified atom stereocenters. The Labute approximate surface area is 185 Å². The molecule has 0 atom stereocenters. The van der Waals surface area contributed by atoms with Crippen molar-refractivity contribution in [3.8, 4) is 28.6 Å². The molecule has 2 aromatic heterocycles. The average Bonchev–Trinajstić information content (AvgIpc) is 3.27. The predicted octanol–water partition coefficient (Wildman–Crippen LogP) is 4.94. The average molecular weight is 455 g/mol. The third-order valence-electron chi connectivity index (χ3n) is 4.48. The molecule has 2 heterocycles. The number of carbonyl (C=O) groups is 1. The number of ether oxygens (including phenoxy) is 2. The minimum atomic E-state index is -4.67. The molecule has 33 heavy (non-hydrogen) atoms. The second-order valence-electron chi connectivity index (χ2n) is 6.70. The first kappa shape index (κ1) is 21.8. The highest BCUT2D eigenvalue weighted by Crippen LogP contribution is 2.36. The van der Waals surface area contributed by atoms with Crippen molar-refractivity contribution >= 4 is 11.9 Å². The Kier molecular flexibility index (Phi) is 5.94. The predicted molar refractivity (Wildman–Crippen MR) is 112 cm³/mol. The fourth-order valence-corrected chi connectivity index (χ4v) is 2.92. The number of benzene rings is 2. The first-order valence-electron chi connectivity index (χ1n) is 9.51. The van der Waals surface area contributed by atoms with Gasteiger partial charge in [-0.1, -0.05) is 0 Å². The molecule has 0 aliphatic heterocycles. The van der Waals surface area contributed by atoms with Crippen molar-refractivity contribution in [1.82, 2.24) is 20.2 Å². The summed E-state index contributed by atoms with van der Waals surface area (Å²) < 4.78 is 50.0. The molecule has 0 fully saturated rings. The van der Waals surface area contributed by atoms with E-state index in [0.29, 0.717) is 29.0 Å². The second-order valence-corrected chi connectivity index (χ2v) is 6.70. The van der Waals surface area contributed by atoms with Crippen LogP contribution in [0, 0.1) is 0 Å². The number of halogens is 3. The van der Waals surface area contributed by atoms with Crippen LogP contribution in [0.2, 0.25) is 0 Å². The Balaban J connectivity index is 1.46. The minimum absolute atomic E-state index is 0.0185. The van der Waals surface area contributed by atoms with Crippen LogP contribution in [0.3, 0.4) is 0 Å². The molecule has 8 nitrogen and oxygen atoms in total. The van der Waals surface area contributed by atoms with E-state index in [0.717, 1.165) is 13.2 Å². The lowest BCUT2D eigenvalue weighted by Crippen LogP contribution is -2.15. The van der Waals surface area contributed by atoms with Crippen LogP contribution >= 0.6 is 0 Å². The number of carbonyl (C=O) groups excluding carboxylic acids is 1. The lowest BCUT2D eigenvalue weighted by Gasteiger charge is -2.13. The molecule has 11 heteroatoms. The van der Waals surface area contributed by atoms with Crippen LogP contribution in [0.25, 0.3) is 11.4 Å². The molecule has 0 aliphatic carbocycles. The topological polar surface area (TPSA) is 102 Å². The summed E-state index contributed by atoms with van der Waals surface area (Å²) in [6.45, 7) is 0. The molecule has 4 rings (SSSR count). The number of anilines is 1. The Hall–Kier alpha value is -4.41. The number of methoxy groups -OCH3 is 1. The molecule has 0 saturated carbocycles. The molecule has 1 amide bonds. The van der Waals surface area contributed by atoms with Gasteiger partial charge in [-0.2, -0.15) is 13.2 Å². The highest BCUT2D eigenvalue weighted by Gasteiger charge is 2.35. The number of nitrogens with zero attached hydrogens (tertiary/aromatic N) is 3. The maximum Gasteiger partial charge on any atom is 0.419 e. The number of aromatic nitrogens is 4. The van der Waals surface area contributed by atoms with Crippen LogP contribution in [0.4, 0.5) is 19.1 Å². The fourth-order valence-electron chi connectivity index (χ4n) is 2.92. The van der Waals surface area contributed by atoms with Gasteiger partial charge in [-0.3, -0.25) is 15.1 Å². The van der Waals surface area contributed by atoms with Gasteiger partial charge in [0.15, 0.2) is 5.82 Å². The lowest BCUT2D eigenvalue weighted by molar-refractivity contribution is -0.138. The summed E-state index contributed by atoms with van der Waals surface area (Å²) in [6.07, 6.45) is -1.45. The monoisotopic (exact) mass is 455 g/mol. The van der Waals surface area contributed by atoms with E-state index in [2.05, 4.69) is 25.5 Å². The van der Waals surface area contributed by atoms with E-state index in [-0.39, 0.29) is 17.3 Å². The molecule has 4 aromatic rings. The van der Waals surface area contributed by atoms with Crippen molar-refractivity contribution in [3.05, 3.63) is 78.1 Å². The van der Waals surface area contributed by atoms with Crippen molar-refractivity contribution in [2.45, 2.75) is 6.18 Å². The van der Waals surface area contributed by atoms with Crippen molar-refractivity contribution in [1.29, 1.82) is 0 Å². The zero-order chi connectivity index (χ0) is 23.4. The van der Waals surface area contributed by atoms with Gasteiger partial charge in [0, 0.05) is 17.3 Å². The van der Waals surface area contributed by atoms with Gasteiger partial charge >= 0.3 is 6.18 Å². The van der Waals surface area contributed by atoms with Crippen LogP contribution in [0.5, 0.6) is 17.2 Å². The van der Waals surface area contributed by atoms with Crippen molar-refractivity contribution in [2.75, 3.05) is 12.4 Å². The quantitative estimate of drug-likeness (QED) is 0.427. The van der Waals surface area contributed by atoms with E-state index < -0.39 is 17.6 Å². The number of alkyl halides is 3. The van der Waals surface area contributed by atoms with Crippen molar-refractivity contribution in [3.63, 3.8) is 0 Å². The summed E-state index contributed by atoms with van der Waals surface area (Å²) >= 11 is 0. The van der Waals surface area contributed by atoms with Gasteiger partial charge < -0.3 is 14.5 Å². The van der Waals surface area contributed by atoms with Crippen LogP contribution < -0.4 is 14.8 Å². The summed E-state index contributed by atoms with van der Waals surface area (Å²) in [6, 6.07) is 13.5. The van der Waals surface area contributed by atoms with Gasteiger partial charge in [0.25, 0.3) is 5.91 Å². The van der Waals surface area contributed by atoms with Crippen LogP contribution in [0.1, 0.15) is 15.9 Å². The first-order chi connectivity index (χ1) is 15.8. The van der Waals surface area contributed by atoms with Crippen molar-refractivity contribution in [2.24, 2.45) is 0 Å². The maximum atomic E-state index is 13.2. The number of hydrogen-bond acceptors (Lipinski definition) is 6. The lowest BCUT2D eigenvalue weighted by atomic mass is 10.1. The summed E-state index contributed by atoms with van der Waals surface area (Å²) in [5.74, 6) is 0.337. The summed E-state index contributed by atoms with van der Waals surface area (Å²) in [5, 5.41) is 10.2. The molecule has 0 bridgehead atoms. The number of aromatic amines is 1. The normalized spacial score (nSPS) is 11.2. The largest absolute Gasteiger partial charge is 0.496 e. The van der Waals surface area contributed by atoms with E-state index in [1.807, 2.05) is 0 Å². The Morgan fingerprint density at radius 1 is 1.03 bits per heavy atom. The summed E-state index contributed by atoms with van der Waals surface area (Å²) in [7, 11) is 1.12. The Morgan fingerprint density at radius 2 is 1.82 bits per heavy atom. The van der Waals surface area contributed by atoms with Gasteiger partial charge in [-0.25, -0.2) is 0 Å². The van der Waals surface area contributed by atoms with Gasteiger partial charge in [0.2, 0.25) is 5.95 Å². The number of rotatable bonds is 6. The molecular weight excluding hydrogens is 439 g/mol. The van der Waals surface area contributed by atoms with E-state index in [1.54, 1.807) is 48.8 Å². The van der Waals surface area contributed by atoms with E-state index in [9.17, 15) is 18.0 Å². The molecule has 0 spiro atoms. The van der Waals surface area contributed by atoms with Gasteiger partial charge in [-0.15, -0.1) is 10.2 Å². The summed E-state index contributed by atoms with van der Waals surface area (Å²) in [4.78, 5) is 19.2. The van der Waals surface area contributed by atoms with Crippen LogP contribution in [-0.4, -0.2) is 33.2 Å². The Bertz CT molecular complexity index is 1260. The number of H-pyrrole nitrogens is 1. The zero-order valence-corrected chi connectivity index (χ0v) is 17.1. The minimum Gasteiger partial charge on any atom is -0.496 e. The SMILES string of the molecule is COc1ccc(C(=O)Nc2nnc(-c3ccc(Oc4cccnc4)cc3)[nH]2)cc1C(F)(F)F. The number of amides is 1. The van der Waals surface area contributed by atoms with Crippen molar-refractivity contribution < 1.29 is 27.4 Å². The third kappa shape index (κ3) is 5.09. The molecule has 0 radical (unpaired) electrons. The van der Waals surface area contributed by atoms with E-state index in [4.69, 9.17) is 9.47 Å². The highest BCUT2D eigenvalue weighted by molar-refractivity contribution is 6.03. The standard InChI is InChI=1S/C22H16F3N5O3/c1-32-18-9-6-14(11-17(18)22(23,24)25)20(31)28-21-27-19(29-30-21)13-4-7-15(8-5-13)33-16-3-2-10-26-12-16/h2-12H,1H3,(H2,27,28,29,30,31). The van der Waals surface area contributed by atoms with Gasteiger partial charge in [-0.05, 0) is 54.6 Å². The maximum absolute atomic E-state index is 13.2. The third-order valence-corrected chi connectivity index (χ3v) is 4.48. The number of nitrogens with one attached hydrogen (secondary N) is 2. The Morgan fingerprint density at radius 3 is 2.48 bits per heavy atom. The smallest absolute Gasteiger partial charge is 0.419 e. The second kappa shape index (κ2) is 8.99. The number of pyridine rings is 1. The zero-order valence-electron chi connectivity index (χ0n) is 17.1. The first-order valence-corrected chi connectivity index (χ1v) is 9.51. The fraction of sp³-hybridized carbons (Fsp3) is 0.0909. The molecule has 168 valence electrons. The van der Waals surface area contributed by atoms with E-state index >= 15 is 0 Å². The molecular formula is C22H16F3N5O3. The van der Waals surface area contributed by atoms with Crippen LogP contribution in [0.15, 0.2) is 67.0 Å². The molecule has 2 N–H and O–H groups in total. The summed E-state index contributed by atoms with van der Waals surface area (Å²) in [5.41, 5.74) is -0.604. The van der Waals surface area contributed by atoms with Gasteiger partial charge in [0.1, 0.15) is 17.2 Å². The number of hydrogen-bond donors (Lipinski definition) is 2. The van der Waals surface area contributed by atoms with E-state index in [1.165, 1.54) is 6.07 Å². The molecule has 0 aliphatic rings. The van der Waals surface area contributed by atoms with Gasteiger partial charge in [0.05, 0.1) is 18.9 Å². The van der Waals surface area contributed by atoms with Crippen LogP contribution in [-0.2, 0) is 6.18 Å². The molecule has 2 aromatic carbocycles.